The smallest absolute Gasteiger partial charge is 0.284 e. The Hall–Kier alpha value is -1.02. The van der Waals surface area contributed by atoms with E-state index in [1.54, 1.807) is 0 Å². The van der Waals surface area contributed by atoms with Gasteiger partial charge in [-0.2, -0.15) is 0 Å². The van der Waals surface area contributed by atoms with Crippen LogP contribution >= 0.6 is 0 Å². The lowest BCUT2D eigenvalue weighted by Crippen LogP contribution is -2.79. The number of unbranched alkanes of at least 4 members (excludes halogenated alkanes) is 1. The Balaban J connectivity index is 1.51. The van der Waals surface area contributed by atoms with E-state index in [0.717, 1.165) is 18.4 Å². The van der Waals surface area contributed by atoms with Crippen LogP contribution in [0.25, 0.3) is 0 Å². The van der Waals surface area contributed by atoms with Crippen LogP contribution in [0.15, 0.2) is 30.3 Å². The van der Waals surface area contributed by atoms with E-state index < -0.39 is 42.6 Å². The zero-order valence-electron chi connectivity index (χ0n) is 13.7. The Labute approximate surface area is 141 Å². The molecule has 4 aliphatic rings. The number of benzene rings is 1. The highest BCUT2D eigenvalue weighted by Crippen LogP contribution is 2.48. The number of ether oxygens (including phenoxy) is 4. The molecule has 132 valence electrons. The lowest BCUT2D eigenvalue weighted by molar-refractivity contribution is -0.541. The summed E-state index contributed by atoms with van der Waals surface area (Å²) in [4.78, 5) is 0. The van der Waals surface area contributed by atoms with E-state index >= 15 is 0 Å². The summed E-state index contributed by atoms with van der Waals surface area (Å²) in [5, 5.41) is 20.9. The number of rotatable bonds is 6. The predicted molar refractivity (Wildman–Crippen MR) is 83.9 cm³/mol. The molecule has 3 aliphatic heterocycles. The maximum Gasteiger partial charge on any atom is 0.284 e. The fraction of sp³-hybridized carbons (Fsp3) is 0.667. The molecule has 6 heteroatoms. The first-order valence-corrected chi connectivity index (χ1v) is 8.69. The molecule has 1 aromatic rings. The van der Waals surface area contributed by atoms with Crippen molar-refractivity contribution >= 4 is 0 Å². The molecule has 1 aliphatic carbocycles. The van der Waals surface area contributed by atoms with Gasteiger partial charge in [-0.25, -0.2) is 0 Å². The second-order valence-electron chi connectivity index (χ2n) is 6.78. The standard InChI is InChI=1S/C18H24O6/c1-2-3-9-18-22-14-12(19)15(23-18)17(16(24-18)13(14)20)21-10-11-7-5-4-6-8-11/h4-8,12-17,19-20H,2-3,9-10H2,1H3/t12-,13+,14?,15-,16-,17?,18?/m1/s1. The van der Waals surface area contributed by atoms with E-state index in [1.165, 1.54) is 0 Å². The fourth-order valence-electron chi connectivity index (χ4n) is 3.80. The highest BCUT2D eigenvalue weighted by Gasteiger charge is 2.67. The number of aliphatic hydroxyl groups is 2. The zero-order chi connectivity index (χ0) is 16.7. The van der Waals surface area contributed by atoms with Crippen LogP contribution in [0.4, 0.5) is 0 Å². The van der Waals surface area contributed by atoms with Crippen molar-refractivity contribution in [2.24, 2.45) is 0 Å². The molecule has 3 saturated heterocycles. The summed E-state index contributed by atoms with van der Waals surface area (Å²) in [7, 11) is 0. The van der Waals surface area contributed by atoms with Gasteiger partial charge in [0.15, 0.2) is 0 Å². The molecule has 3 unspecified atom stereocenters. The number of hydrogen-bond acceptors (Lipinski definition) is 6. The average Bonchev–Trinajstić information content (AvgIpc) is 2.61. The van der Waals surface area contributed by atoms with Crippen LogP contribution in [0.1, 0.15) is 31.7 Å². The average molecular weight is 336 g/mol. The number of aliphatic hydroxyl groups excluding tert-OH is 2. The van der Waals surface area contributed by atoms with Crippen LogP contribution in [-0.4, -0.2) is 52.8 Å². The molecule has 3 heterocycles. The van der Waals surface area contributed by atoms with Crippen molar-refractivity contribution in [3.8, 4) is 0 Å². The summed E-state index contributed by atoms with van der Waals surface area (Å²) >= 11 is 0. The molecule has 0 spiro atoms. The van der Waals surface area contributed by atoms with Gasteiger partial charge in [-0.1, -0.05) is 43.7 Å². The van der Waals surface area contributed by atoms with Crippen LogP contribution in [0.2, 0.25) is 0 Å². The van der Waals surface area contributed by atoms with Gasteiger partial charge in [0.1, 0.15) is 36.6 Å². The Morgan fingerprint density at radius 1 is 1.00 bits per heavy atom. The second kappa shape index (κ2) is 6.37. The summed E-state index contributed by atoms with van der Waals surface area (Å²) in [6, 6.07) is 9.77. The van der Waals surface area contributed by atoms with Crippen LogP contribution in [0.3, 0.4) is 0 Å². The monoisotopic (exact) mass is 336 g/mol. The highest BCUT2D eigenvalue weighted by molar-refractivity contribution is 5.14. The van der Waals surface area contributed by atoms with Gasteiger partial charge in [0.25, 0.3) is 5.97 Å². The summed E-state index contributed by atoms with van der Waals surface area (Å²) in [5.41, 5.74) is 1.02. The second-order valence-corrected chi connectivity index (χ2v) is 6.78. The molecule has 0 aromatic heterocycles. The Kier molecular flexibility index (Phi) is 4.36. The van der Waals surface area contributed by atoms with Gasteiger partial charge < -0.3 is 29.2 Å². The van der Waals surface area contributed by atoms with Crippen molar-refractivity contribution in [3.63, 3.8) is 0 Å². The van der Waals surface area contributed by atoms with Crippen LogP contribution < -0.4 is 0 Å². The first-order valence-electron chi connectivity index (χ1n) is 8.69. The first-order chi connectivity index (χ1) is 11.6. The Morgan fingerprint density at radius 3 is 2.25 bits per heavy atom. The predicted octanol–water partition coefficient (Wildman–Crippen LogP) is 1.33. The third kappa shape index (κ3) is 2.67. The Bertz CT molecular complexity index is 544. The molecule has 6 nitrogen and oxygen atoms in total. The van der Waals surface area contributed by atoms with Crippen molar-refractivity contribution in [1.29, 1.82) is 0 Å². The fourth-order valence-corrected chi connectivity index (χ4v) is 3.80. The van der Waals surface area contributed by atoms with Crippen molar-refractivity contribution in [1.82, 2.24) is 0 Å². The van der Waals surface area contributed by atoms with Crippen molar-refractivity contribution < 1.29 is 29.2 Å². The van der Waals surface area contributed by atoms with Gasteiger partial charge in [0.2, 0.25) is 0 Å². The summed E-state index contributed by atoms with van der Waals surface area (Å²) in [5.74, 6) is -1.15. The maximum atomic E-state index is 10.5. The largest absolute Gasteiger partial charge is 0.387 e. The molecule has 0 amide bonds. The van der Waals surface area contributed by atoms with Crippen LogP contribution in [0, 0.1) is 0 Å². The van der Waals surface area contributed by atoms with E-state index in [0.29, 0.717) is 13.0 Å². The molecule has 4 fully saturated rings. The van der Waals surface area contributed by atoms with Gasteiger partial charge in [-0.05, 0) is 12.0 Å². The minimum absolute atomic E-state index is 0.373. The Morgan fingerprint density at radius 2 is 1.62 bits per heavy atom. The van der Waals surface area contributed by atoms with E-state index in [1.807, 2.05) is 30.3 Å². The minimum atomic E-state index is -1.15. The quantitative estimate of drug-likeness (QED) is 0.816. The molecule has 7 atom stereocenters. The normalized spacial score (nSPS) is 43.3. The molecule has 24 heavy (non-hydrogen) atoms. The lowest BCUT2D eigenvalue weighted by atomic mass is 9.81. The molecular weight excluding hydrogens is 312 g/mol. The van der Waals surface area contributed by atoms with E-state index in [2.05, 4.69) is 6.92 Å². The molecule has 4 bridgehead atoms. The first kappa shape index (κ1) is 16.4. The summed E-state index contributed by atoms with van der Waals surface area (Å²) in [6.07, 6.45) is -1.70. The third-order valence-electron chi connectivity index (χ3n) is 5.06. The van der Waals surface area contributed by atoms with Crippen LogP contribution in [0.5, 0.6) is 0 Å². The zero-order valence-corrected chi connectivity index (χ0v) is 13.7. The van der Waals surface area contributed by atoms with Gasteiger partial charge >= 0.3 is 0 Å². The van der Waals surface area contributed by atoms with E-state index in [4.69, 9.17) is 18.9 Å². The number of hydrogen-bond donors (Lipinski definition) is 2. The summed E-state index contributed by atoms with van der Waals surface area (Å²) < 4.78 is 23.6. The molecule has 0 radical (unpaired) electrons. The van der Waals surface area contributed by atoms with Crippen molar-refractivity contribution in [2.45, 2.75) is 75.4 Å². The van der Waals surface area contributed by atoms with Crippen LogP contribution in [-0.2, 0) is 25.6 Å². The third-order valence-corrected chi connectivity index (χ3v) is 5.06. The van der Waals surface area contributed by atoms with Crippen molar-refractivity contribution in [3.05, 3.63) is 35.9 Å². The molecule has 1 aromatic carbocycles. The minimum Gasteiger partial charge on any atom is -0.387 e. The SMILES string of the molecule is CCCCC12OC3[C@@H](O)[C@@H](O1)C(OCc1ccccc1)[C@H](O2)[C@H]3O. The molecule has 1 saturated carbocycles. The molecule has 2 N–H and O–H groups in total. The summed E-state index contributed by atoms with van der Waals surface area (Å²) in [6.45, 7) is 2.45. The maximum absolute atomic E-state index is 10.5. The van der Waals surface area contributed by atoms with E-state index in [9.17, 15) is 10.2 Å². The van der Waals surface area contributed by atoms with Crippen molar-refractivity contribution in [2.75, 3.05) is 0 Å². The highest BCUT2D eigenvalue weighted by atomic mass is 16.9. The molecule has 5 rings (SSSR count). The van der Waals surface area contributed by atoms with Gasteiger partial charge in [0, 0.05) is 6.42 Å². The lowest BCUT2D eigenvalue weighted by Gasteiger charge is -2.61. The van der Waals surface area contributed by atoms with E-state index in [-0.39, 0.29) is 0 Å². The van der Waals surface area contributed by atoms with Gasteiger partial charge in [-0.3, -0.25) is 0 Å². The molecular formula is C18H24O6. The van der Waals surface area contributed by atoms with Gasteiger partial charge in [0.05, 0.1) is 6.61 Å². The topological polar surface area (TPSA) is 77.4 Å². The van der Waals surface area contributed by atoms with Gasteiger partial charge in [-0.15, -0.1) is 0 Å².